The van der Waals surface area contributed by atoms with Gasteiger partial charge in [0, 0.05) is 37.9 Å². The van der Waals surface area contributed by atoms with E-state index in [9.17, 15) is 14.7 Å². The number of benzene rings is 4. The fourth-order valence-corrected chi connectivity index (χ4v) is 8.14. The molecule has 0 aliphatic carbocycles. The number of amides is 2. The Morgan fingerprint density at radius 1 is 0.689 bits per heavy atom. The molecule has 1 saturated heterocycles. The number of para-hydroxylation sites is 2. The summed E-state index contributed by atoms with van der Waals surface area (Å²) in [6.07, 6.45) is 16.5. The summed E-state index contributed by atoms with van der Waals surface area (Å²) < 4.78 is 13.6. The molecular formula is C52H72N4O5. The Bertz CT molecular complexity index is 1850. The van der Waals surface area contributed by atoms with Crippen molar-refractivity contribution in [3.63, 3.8) is 0 Å². The second kappa shape index (κ2) is 26.7. The number of anilines is 2. The predicted molar refractivity (Wildman–Crippen MR) is 249 cm³/mol. The summed E-state index contributed by atoms with van der Waals surface area (Å²) in [5, 5.41) is 15.6. The van der Waals surface area contributed by atoms with E-state index in [1.807, 2.05) is 42.5 Å². The van der Waals surface area contributed by atoms with E-state index < -0.39 is 6.29 Å². The Balaban J connectivity index is 1.22. The number of unbranched alkanes of at least 4 members (excludes halogenated alkanes) is 10. The Morgan fingerprint density at radius 3 is 1.97 bits per heavy atom. The summed E-state index contributed by atoms with van der Waals surface area (Å²) >= 11 is 0. The van der Waals surface area contributed by atoms with Crippen molar-refractivity contribution in [3.05, 3.63) is 119 Å². The first kappa shape index (κ1) is 47.5. The molecule has 1 fully saturated rings. The second-order valence-corrected chi connectivity index (χ2v) is 16.7. The lowest BCUT2D eigenvalue weighted by atomic mass is 9.97. The van der Waals surface area contributed by atoms with Gasteiger partial charge >= 0.3 is 0 Å². The molecule has 1 aliphatic rings. The molecule has 4 aromatic rings. The fraction of sp³-hybridized carbons (Fsp3) is 0.500. The van der Waals surface area contributed by atoms with Gasteiger partial charge in [0.05, 0.1) is 30.2 Å². The van der Waals surface area contributed by atoms with Crippen LogP contribution in [0.15, 0.2) is 97.1 Å². The van der Waals surface area contributed by atoms with Crippen LogP contribution in [0.25, 0.3) is 11.1 Å². The monoisotopic (exact) mass is 833 g/mol. The molecule has 0 aromatic heterocycles. The van der Waals surface area contributed by atoms with Crippen LogP contribution in [0.1, 0.15) is 151 Å². The van der Waals surface area contributed by atoms with Crippen molar-refractivity contribution >= 4 is 23.2 Å². The van der Waals surface area contributed by atoms with Gasteiger partial charge in [-0.25, -0.2) is 0 Å². The van der Waals surface area contributed by atoms with Crippen LogP contribution in [-0.2, 0) is 32.2 Å². The van der Waals surface area contributed by atoms with Gasteiger partial charge in [-0.2, -0.15) is 0 Å². The first-order chi connectivity index (χ1) is 29.9. The number of nitrogens with zero attached hydrogens (tertiary/aromatic N) is 1. The molecule has 0 radical (unpaired) electrons. The molecule has 0 spiro atoms. The zero-order valence-corrected chi connectivity index (χ0v) is 36.9. The van der Waals surface area contributed by atoms with E-state index in [-0.39, 0.29) is 43.5 Å². The number of hydrogen-bond acceptors (Lipinski definition) is 7. The van der Waals surface area contributed by atoms with Crippen LogP contribution in [0.2, 0.25) is 0 Å². The molecule has 2 amide bonds. The number of aliphatic hydroxyl groups excluding tert-OH is 1. The highest BCUT2D eigenvalue weighted by molar-refractivity contribution is 5.94. The molecular weight excluding hydrogens is 761 g/mol. The summed E-state index contributed by atoms with van der Waals surface area (Å²) in [5.41, 5.74) is 13.1. The molecule has 0 saturated carbocycles. The Hall–Kier alpha value is -4.54. The summed E-state index contributed by atoms with van der Waals surface area (Å²) in [7, 11) is 0. The lowest BCUT2D eigenvalue weighted by Crippen LogP contribution is -2.40. The molecule has 3 atom stereocenters. The van der Waals surface area contributed by atoms with Gasteiger partial charge in [0.2, 0.25) is 11.8 Å². The van der Waals surface area contributed by atoms with E-state index >= 15 is 0 Å². The van der Waals surface area contributed by atoms with E-state index in [0.29, 0.717) is 24.3 Å². The van der Waals surface area contributed by atoms with Gasteiger partial charge < -0.3 is 35.8 Å². The van der Waals surface area contributed by atoms with Crippen molar-refractivity contribution in [2.24, 2.45) is 0 Å². The summed E-state index contributed by atoms with van der Waals surface area (Å²) in [6, 6.07) is 31.8. The lowest BCUT2D eigenvalue weighted by Gasteiger charge is -2.38. The number of nitrogens with one attached hydrogen (secondary N) is 2. The Morgan fingerprint density at radius 2 is 1.30 bits per heavy atom. The van der Waals surface area contributed by atoms with Gasteiger partial charge in [0.15, 0.2) is 6.29 Å². The lowest BCUT2D eigenvalue weighted by molar-refractivity contribution is -0.253. The first-order valence-corrected chi connectivity index (χ1v) is 23.2. The first-order valence-electron chi connectivity index (χ1n) is 23.2. The van der Waals surface area contributed by atoms with Gasteiger partial charge in [0.1, 0.15) is 0 Å². The van der Waals surface area contributed by atoms with Crippen molar-refractivity contribution in [3.8, 4) is 11.1 Å². The molecule has 61 heavy (non-hydrogen) atoms. The smallest absolute Gasteiger partial charge is 0.224 e. The van der Waals surface area contributed by atoms with Gasteiger partial charge in [-0.3, -0.25) is 9.59 Å². The SMILES string of the molecule is CCCCCCCCN(CCCCCCCC)C[C@@H]1C[C@H](c2ccc(CO)cc2)O[C@H](c2ccc(-c3ccccc3CNC(=O)CCCC(=O)Nc3ccccc3N)cc2)O1. The highest BCUT2D eigenvalue weighted by Crippen LogP contribution is 2.39. The number of ether oxygens (including phenoxy) is 2. The summed E-state index contributed by atoms with van der Waals surface area (Å²) in [5.74, 6) is -0.267. The van der Waals surface area contributed by atoms with E-state index in [1.165, 1.54) is 77.0 Å². The largest absolute Gasteiger partial charge is 0.397 e. The third kappa shape index (κ3) is 16.4. The second-order valence-electron chi connectivity index (χ2n) is 16.7. The third-order valence-corrected chi connectivity index (χ3v) is 11.8. The third-order valence-electron chi connectivity index (χ3n) is 11.8. The Kier molecular flexibility index (Phi) is 20.8. The molecule has 9 heteroatoms. The minimum absolute atomic E-state index is 0.00232. The zero-order chi connectivity index (χ0) is 43.1. The summed E-state index contributed by atoms with van der Waals surface area (Å²) in [6.45, 7) is 8.01. The van der Waals surface area contributed by atoms with Crippen molar-refractivity contribution in [1.82, 2.24) is 10.2 Å². The van der Waals surface area contributed by atoms with Crippen LogP contribution < -0.4 is 16.4 Å². The molecule has 5 N–H and O–H groups in total. The van der Waals surface area contributed by atoms with Gasteiger partial charge in [-0.15, -0.1) is 0 Å². The molecule has 0 unspecified atom stereocenters. The van der Waals surface area contributed by atoms with E-state index in [4.69, 9.17) is 15.2 Å². The van der Waals surface area contributed by atoms with Gasteiger partial charge in [-0.05, 0) is 72.3 Å². The maximum Gasteiger partial charge on any atom is 0.224 e. The fourth-order valence-electron chi connectivity index (χ4n) is 8.14. The molecule has 5 rings (SSSR count). The molecule has 9 nitrogen and oxygen atoms in total. The van der Waals surface area contributed by atoms with Gasteiger partial charge in [0.25, 0.3) is 0 Å². The number of hydrogen-bond donors (Lipinski definition) is 4. The van der Waals surface area contributed by atoms with Crippen molar-refractivity contribution in [2.75, 3.05) is 30.7 Å². The quantitative estimate of drug-likeness (QED) is 0.0348. The number of carbonyl (C=O) groups excluding carboxylic acids is 2. The van der Waals surface area contributed by atoms with E-state index in [2.05, 4.69) is 71.8 Å². The van der Waals surface area contributed by atoms with Crippen molar-refractivity contribution < 1.29 is 24.2 Å². The predicted octanol–water partition coefficient (Wildman–Crippen LogP) is 11.4. The minimum atomic E-state index is -0.526. The van der Waals surface area contributed by atoms with Crippen LogP contribution in [-0.4, -0.2) is 47.6 Å². The zero-order valence-electron chi connectivity index (χ0n) is 36.9. The van der Waals surface area contributed by atoms with Crippen LogP contribution in [0.5, 0.6) is 0 Å². The maximum atomic E-state index is 12.8. The number of nitrogen functional groups attached to an aromatic ring is 1. The normalized spacial score (nSPS) is 16.4. The Labute approximate surface area is 365 Å². The average Bonchev–Trinajstić information content (AvgIpc) is 3.28. The van der Waals surface area contributed by atoms with E-state index in [0.717, 1.165) is 59.4 Å². The van der Waals surface area contributed by atoms with Gasteiger partial charge in [-0.1, -0.05) is 163 Å². The minimum Gasteiger partial charge on any atom is -0.397 e. The van der Waals surface area contributed by atoms with Crippen LogP contribution in [0.3, 0.4) is 0 Å². The van der Waals surface area contributed by atoms with Crippen LogP contribution in [0.4, 0.5) is 11.4 Å². The molecule has 4 aromatic carbocycles. The molecule has 0 bridgehead atoms. The number of rotatable bonds is 27. The number of aliphatic hydroxyl groups is 1. The number of carbonyl (C=O) groups is 2. The van der Waals surface area contributed by atoms with Crippen LogP contribution >= 0.6 is 0 Å². The van der Waals surface area contributed by atoms with Crippen LogP contribution in [0, 0.1) is 0 Å². The summed E-state index contributed by atoms with van der Waals surface area (Å²) in [4.78, 5) is 27.9. The van der Waals surface area contributed by atoms with Crippen molar-refractivity contribution in [2.45, 2.75) is 148 Å². The molecule has 1 heterocycles. The standard InChI is InChI=1S/C52H72N4O5/c1-3-5-7-9-11-17-34-56(35-18-12-10-8-6-4-2)38-45-36-49(42-28-26-40(39-57)27-29-42)61-52(60-45)43-32-30-41(31-33-43)46-21-14-13-20-44(46)37-54-50(58)24-19-25-51(59)55-48-23-16-15-22-47(48)53/h13-16,20-23,26-33,45,49,52,57H,3-12,17-19,24-25,34-39,53H2,1-2H3,(H,54,58)(H,55,59)/t45-,49+,52+/m0/s1. The van der Waals surface area contributed by atoms with Crippen molar-refractivity contribution in [1.29, 1.82) is 0 Å². The highest BCUT2D eigenvalue weighted by Gasteiger charge is 2.33. The molecule has 330 valence electrons. The molecule has 1 aliphatic heterocycles. The number of nitrogens with two attached hydrogens (primary N) is 1. The maximum absolute atomic E-state index is 12.8. The topological polar surface area (TPSA) is 126 Å². The highest BCUT2D eigenvalue weighted by atomic mass is 16.7. The van der Waals surface area contributed by atoms with E-state index in [1.54, 1.807) is 12.1 Å². The average molecular weight is 833 g/mol.